The van der Waals surface area contributed by atoms with E-state index in [-0.39, 0.29) is 22.3 Å². The third kappa shape index (κ3) is 8.87. The fraction of sp³-hybridized carbons (Fsp3) is 0.125. The van der Waals surface area contributed by atoms with Crippen LogP contribution < -0.4 is 0 Å². The summed E-state index contributed by atoms with van der Waals surface area (Å²) in [5, 5.41) is 0. The predicted octanol–water partition coefficient (Wildman–Crippen LogP) is 5.08. The second-order valence-corrected chi connectivity index (χ2v) is 8.48. The number of hydrogen-bond donors (Lipinski definition) is 0. The van der Waals surface area contributed by atoms with Crippen LogP contribution in [0.3, 0.4) is 0 Å². The molecule has 4 aromatic rings. The van der Waals surface area contributed by atoms with Gasteiger partial charge >= 0.3 is 23.9 Å². The van der Waals surface area contributed by atoms with Crippen LogP contribution in [0.5, 0.6) is 0 Å². The molecule has 4 rings (SSSR count). The van der Waals surface area contributed by atoms with Gasteiger partial charge in [0.2, 0.25) is 0 Å². The molecule has 0 bridgehead atoms. The SMILES string of the molecule is O=C(OC(COCC(OC(=O)c1ccccc1)OC(=O)c1ccccc1)OC(=O)c1ccccc1)c1ccccc1. The van der Waals surface area contributed by atoms with Gasteiger partial charge in [-0.15, -0.1) is 0 Å². The molecule has 9 heteroatoms. The summed E-state index contributed by atoms with van der Waals surface area (Å²) < 4.78 is 27.2. The zero-order valence-electron chi connectivity index (χ0n) is 21.8. The number of esters is 4. The van der Waals surface area contributed by atoms with Crippen molar-refractivity contribution < 1.29 is 42.9 Å². The molecule has 0 N–H and O–H groups in total. The Morgan fingerprint density at radius 3 is 0.829 bits per heavy atom. The van der Waals surface area contributed by atoms with Crippen molar-refractivity contribution in [1.29, 1.82) is 0 Å². The molecule has 0 unspecified atom stereocenters. The summed E-state index contributed by atoms with van der Waals surface area (Å²) in [6.07, 6.45) is -2.93. The smallest absolute Gasteiger partial charge is 0.341 e. The highest BCUT2D eigenvalue weighted by Crippen LogP contribution is 2.12. The minimum Gasteiger partial charge on any atom is -0.419 e. The molecule has 9 nitrogen and oxygen atoms in total. The van der Waals surface area contributed by atoms with Crippen molar-refractivity contribution in [3.8, 4) is 0 Å². The Kier molecular flexibility index (Phi) is 10.3. The van der Waals surface area contributed by atoms with E-state index in [4.69, 9.17) is 23.7 Å². The molecule has 208 valence electrons. The van der Waals surface area contributed by atoms with E-state index < -0.39 is 49.7 Å². The molecule has 0 aliphatic rings. The summed E-state index contributed by atoms with van der Waals surface area (Å²) in [6, 6.07) is 32.6. The van der Waals surface area contributed by atoms with Gasteiger partial charge in [0, 0.05) is 0 Å². The summed E-state index contributed by atoms with van der Waals surface area (Å²) in [5.74, 6) is -2.99. The van der Waals surface area contributed by atoms with Gasteiger partial charge in [0.25, 0.3) is 12.6 Å². The summed E-state index contributed by atoms with van der Waals surface area (Å²) in [7, 11) is 0. The average Bonchev–Trinajstić information content (AvgIpc) is 3.02. The third-order valence-corrected chi connectivity index (χ3v) is 5.50. The standard InChI is InChI=1S/C32H26O9/c33-29(23-13-5-1-6-14-23)38-27(39-30(34)24-15-7-2-8-16-24)21-37-22-28(40-31(35)25-17-9-3-10-18-25)41-32(36)26-19-11-4-12-20-26/h1-20,27-28H,21-22H2. The lowest BCUT2D eigenvalue weighted by Gasteiger charge is -2.21. The molecular weight excluding hydrogens is 528 g/mol. The number of rotatable bonds is 12. The molecule has 4 aromatic carbocycles. The summed E-state index contributed by atoms with van der Waals surface area (Å²) >= 11 is 0. The summed E-state index contributed by atoms with van der Waals surface area (Å²) in [4.78, 5) is 50.7. The van der Waals surface area contributed by atoms with Gasteiger partial charge in [0.15, 0.2) is 0 Å². The first-order valence-electron chi connectivity index (χ1n) is 12.6. The molecule has 41 heavy (non-hydrogen) atoms. The Labute approximate surface area is 236 Å². The van der Waals surface area contributed by atoms with Gasteiger partial charge in [-0.25, -0.2) is 19.2 Å². The largest absolute Gasteiger partial charge is 0.419 e. The lowest BCUT2D eigenvalue weighted by molar-refractivity contribution is -0.149. The van der Waals surface area contributed by atoms with Crippen molar-refractivity contribution in [1.82, 2.24) is 0 Å². The molecule has 0 aliphatic heterocycles. The molecule has 0 spiro atoms. The molecule has 0 saturated heterocycles. The number of benzene rings is 4. The lowest BCUT2D eigenvalue weighted by atomic mass is 10.2. The minimum absolute atomic E-state index is 0.236. The van der Waals surface area contributed by atoms with Crippen molar-refractivity contribution in [3.05, 3.63) is 144 Å². The highest BCUT2D eigenvalue weighted by atomic mass is 16.7. The Bertz CT molecular complexity index is 1210. The normalized spacial score (nSPS) is 10.6. The minimum atomic E-state index is -1.47. The van der Waals surface area contributed by atoms with Crippen molar-refractivity contribution in [2.75, 3.05) is 13.2 Å². The molecule has 0 amide bonds. The summed E-state index contributed by atoms with van der Waals surface area (Å²) in [5.41, 5.74) is 0.943. The van der Waals surface area contributed by atoms with Gasteiger partial charge in [-0.2, -0.15) is 0 Å². The van der Waals surface area contributed by atoms with Crippen molar-refractivity contribution in [3.63, 3.8) is 0 Å². The van der Waals surface area contributed by atoms with E-state index in [2.05, 4.69) is 0 Å². The van der Waals surface area contributed by atoms with Crippen LogP contribution in [0.4, 0.5) is 0 Å². The van der Waals surface area contributed by atoms with Crippen LogP contribution in [-0.2, 0) is 23.7 Å². The molecular formula is C32H26O9. The zero-order valence-corrected chi connectivity index (χ0v) is 21.8. The number of carbonyl (C=O) groups excluding carboxylic acids is 4. The monoisotopic (exact) mass is 554 g/mol. The Morgan fingerprint density at radius 1 is 0.390 bits per heavy atom. The number of hydrogen-bond acceptors (Lipinski definition) is 9. The van der Waals surface area contributed by atoms with Crippen LogP contribution in [0, 0.1) is 0 Å². The van der Waals surface area contributed by atoms with E-state index in [1.807, 2.05) is 0 Å². The van der Waals surface area contributed by atoms with Gasteiger partial charge in [-0.05, 0) is 48.5 Å². The number of ether oxygens (including phenoxy) is 5. The highest BCUT2D eigenvalue weighted by Gasteiger charge is 2.25. The first-order chi connectivity index (χ1) is 20.0. The lowest BCUT2D eigenvalue weighted by Crippen LogP contribution is -2.33. The second-order valence-electron chi connectivity index (χ2n) is 8.48. The Hall–Kier alpha value is -5.28. The fourth-order valence-electron chi connectivity index (χ4n) is 3.49. The van der Waals surface area contributed by atoms with E-state index >= 15 is 0 Å². The van der Waals surface area contributed by atoms with E-state index in [1.165, 1.54) is 0 Å². The fourth-order valence-corrected chi connectivity index (χ4v) is 3.49. The predicted molar refractivity (Wildman–Crippen MR) is 146 cm³/mol. The number of carbonyl (C=O) groups is 4. The quantitative estimate of drug-likeness (QED) is 0.175. The molecule has 0 aliphatic carbocycles. The van der Waals surface area contributed by atoms with E-state index in [1.54, 1.807) is 121 Å². The van der Waals surface area contributed by atoms with Crippen molar-refractivity contribution >= 4 is 23.9 Å². The van der Waals surface area contributed by atoms with Gasteiger partial charge in [0.1, 0.15) is 13.2 Å². The summed E-state index contributed by atoms with van der Waals surface area (Å²) in [6.45, 7) is -0.890. The topological polar surface area (TPSA) is 114 Å². The molecule has 0 radical (unpaired) electrons. The van der Waals surface area contributed by atoms with Crippen molar-refractivity contribution in [2.45, 2.75) is 12.6 Å². The molecule has 0 fully saturated rings. The van der Waals surface area contributed by atoms with Crippen LogP contribution >= 0.6 is 0 Å². The maximum absolute atomic E-state index is 12.7. The van der Waals surface area contributed by atoms with Gasteiger partial charge < -0.3 is 23.7 Å². The third-order valence-electron chi connectivity index (χ3n) is 5.50. The van der Waals surface area contributed by atoms with Crippen LogP contribution in [0.25, 0.3) is 0 Å². The maximum atomic E-state index is 12.7. The molecule has 0 aromatic heterocycles. The van der Waals surface area contributed by atoms with E-state index in [9.17, 15) is 19.2 Å². The first kappa shape index (κ1) is 28.7. The van der Waals surface area contributed by atoms with Gasteiger partial charge in [0.05, 0.1) is 22.3 Å². The highest BCUT2D eigenvalue weighted by molar-refractivity contribution is 5.91. The van der Waals surface area contributed by atoms with E-state index in [0.717, 1.165) is 0 Å². The van der Waals surface area contributed by atoms with Crippen molar-refractivity contribution in [2.24, 2.45) is 0 Å². The molecule has 0 atom stereocenters. The maximum Gasteiger partial charge on any atom is 0.341 e. The van der Waals surface area contributed by atoms with E-state index in [0.29, 0.717) is 0 Å². The average molecular weight is 555 g/mol. The zero-order chi connectivity index (χ0) is 28.9. The van der Waals surface area contributed by atoms with Crippen LogP contribution in [0.2, 0.25) is 0 Å². The Morgan fingerprint density at radius 2 is 0.610 bits per heavy atom. The van der Waals surface area contributed by atoms with Gasteiger partial charge in [-0.3, -0.25) is 0 Å². The molecule has 0 saturated carbocycles. The van der Waals surface area contributed by atoms with Gasteiger partial charge in [-0.1, -0.05) is 72.8 Å². The molecule has 0 heterocycles. The Balaban J connectivity index is 1.45. The van der Waals surface area contributed by atoms with Crippen LogP contribution in [0.15, 0.2) is 121 Å². The van der Waals surface area contributed by atoms with Crippen LogP contribution in [-0.4, -0.2) is 49.7 Å². The van der Waals surface area contributed by atoms with Crippen LogP contribution in [0.1, 0.15) is 41.4 Å². The second kappa shape index (κ2) is 14.8. The first-order valence-corrected chi connectivity index (χ1v) is 12.6.